The Morgan fingerprint density at radius 1 is 1.61 bits per heavy atom. The maximum absolute atomic E-state index is 13.5. The van der Waals surface area contributed by atoms with Crippen LogP contribution in [0.4, 0.5) is 4.39 Å². The lowest BCUT2D eigenvalue weighted by atomic mass is 10.1. The van der Waals surface area contributed by atoms with E-state index < -0.39 is 5.82 Å². The highest BCUT2D eigenvalue weighted by Crippen LogP contribution is 2.22. The van der Waals surface area contributed by atoms with Crippen LogP contribution in [-0.4, -0.2) is 42.2 Å². The Hall–Kier alpha value is -1.62. The molecule has 1 aromatic rings. The summed E-state index contributed by atoms with van der Waals surface area (Å²) in [5, 5.41) is 9.18. The third-order valence-electron chi connectivity index (χ3n) is 3.25. The SMILES string of the molecule is COc1ccc(C(=O)N2CCC[C@H]2CO)cc1F. The van der Waals surface area contributed by atoms with Crippen molar-refractivity contribution >= 4 is 5.91 Å². The van der Waals surface area contributed by atoms with Crippen LogP contribution in [0.2, 0.25) is 0 Å². The minimum Gasteiger partial charge on any atom is -0.494 e. The zero-order valence-electron chi connectivity index (χ0n) is 10.2. The molecule has 0 spiro atoms. The monoisotopic (exact) mass is 253 g/mol. The molecule has 0 unspecified atom stereocenters. The van der Waals surface area contributed by atoms with E-state index in [1.165, 1.54) is 25.3 Å². The second-order valence-corrected chi connectivity index (χ2v) is 4.33. The number of rotatable bonds is 3. The molecular formula is C13H16FNO3. The van der Waals surface area contributed by atoms with Crippen molar-refractivity contribution in [2.45, 2.75) is 18.9 Å². The van der Waals surface area contributed by atoms with E-state index in [1.807, 2.05) is 0 Å². The topological polar surface area (TPSA) is 49.8 Å². The van der Waals surface area contributed by atoms with Crippen LogP contribution in [0.1, 0.15) is 23.2 Å². The number of amides is 1. The maximum Gasteiger partial charge on any atom is 0.254 e. The molecule has 4 nitrogen and oxygen atoms in total. The maximum atomic E-state index is 13.5. The summed E-state index contributed by atoms with van der Waals surface area (Å²) in [5.41, 5.74) is 0.286. The minimum absolute atomic E-state index is 0.0512. The van der Waals surface area contributed by atoms with Crippen LogP contribution in [0, 0.1) is 5.82 Å². The molecule has 1 N–H and O–H groups in total. The third-order valence-corrected chi connectivity index (χ3v) is 3.25. The van der Waals surface area contributed by atoms with Crippen LogP contribution >= 0.6 is 0 Å². The van der Waals surface area contributed by atoms with Crippen molar-refractivity contribution in [2.75, 3.05) is 20.3 Å². The van der Waals surface area contributed by atoms with Gasteiger partial charge in [0.15, 0.2) is 11.6 Å². The predicted molar refractivity (Wildman–Crippen MR) is 64.1 cm³/mol. The molecule has 0 radical (unpaired) electrons. The first kappa shape index (κ1) is 12.8. The average molecular weight is 253 g/mol. The molecule has 1 aromatic carbocycles. The fraction of sp³-hybridized carbons (Fsp3) is 0.462. The van der Waals surface area contributed by atoms with Crippen LogP contribution < -0.4 is 4.74 Å². The summed E-state index contributed by atoms with van der Waals surface area (Å²) in [6, 6.07) is 4.00. The Kier molecular flexibility index (Phi) is 3.81. The van der Waals surface area contributed by atoms with E-state index in [0.29, 0.717) is 6.54 Å². The van der Waals surface area contributed by atoms with Gasteiger partial charge in [0.25, 0.3) is 5.91 Å². The zero-order valence-corrected chi connectivity index (χ0v) is 10.2. The number of halogens is 1. The van der Waals surface area contributed by atoms with Crippen molar-refractivity contribution in [1.82, 2.24) is 4.90 Å². The van der Waals surface area contributed by atoms with Gasteiger partial charge in [0, 0.05) is 12.1 Å². The van der Waals surface area contributed by atoms with Gasteiger partial charge in [0.2, 0.25) is 0 Å². The first-order valence-corrected chi connectivity index (χ1v) is 5.92. The van der Waals surface area contributed by atoms with Gasteiger partial charge in [-0.1, -0.05) is 0 Å². The van der Waals surface area contributed by atoms with Gasteiger partial charge in [-0.05, 0) is 31.0 Å². The van der Waals surface area contributed by atoms with Gasteiger partial charge in [0.05, 0.1) is 19.8 Å². The van der Waals surface area contributed by atoms with Crippen LogP contribution in [0.3, 0.4) is 0 Å². The van der Waals surface area contributed by atoms with Crippen molar-refractivity contribution < 1.29 is 19.0 Å². The number of methoxy groups -OCH3 is 1. The lowest BCUT2D eigenvalue weighted by molar-refractivity contribution is 0.0677. The molecule has 1 atom stereocenters. The molecule has 0 aliphatic carbocycles. The molecule has 5 heteroatoms. The fourth-order valence-corrected chi connectivity index (χ4v) is 2.26. The van der Waals surface area contributed by atoms with Gasteiger partial charge < -0.3 is 14.7 Å². The molecular weight excluding hydrogens is 237 g/mol. The fourth-order valence-electron chi connectivity index (χ4n) is 2.26. The number of carbonyl (C=O) groups excluding carboxylic acids is 1. The molecule has 1 aliphatic heterocycles. The smallest absolute Gasteiger partial charge is 0.254 e. The van der Waals surface area contributed by atoms with Crippen LogP contribution in [-0.2, 0) is 0 Å². The number of aliphatic hydroxyl groups is 1. The summed E-state index contributed by atoms with van der Waals surface area (Å²) in [4.78, 5) is 13.8. The minimum atomic E-state index is -0.553. The van der Waals surface area contributed by atoms with Gasteiger partial charge in [-0.3, -0.25) is 4.79 Å². The van der Waals surface area contributed by atoms with Crippen LogP contribution in [0.25, 0.3) is 0 Å². The Morgan fingerprint density at radius 3 is 3.00 bits per heavy atom. The molecule has 1 fully saturated rings. The van der Waals surface area contributed by atoms with E-state index in [4.69, 9.17) is 4.74 Å². The van der Waals surface area contributed by atoms with E-state index in [-0.39, 0.29) is 29.9 Å². The molecule has 98 valence electrons. The highest BCUT2D eigenvalue weighted by molar-refractivity contribution is 5.94. The predicted octanol–water partition coefficient (Wildman–Crippen LogP) is 1.43. The Morgan fingerprint density at radius 2 is 2.39 bits per heavy atom. The number of aliphatic hydroxyl groups excluding tert-OH is 1. The quantitative estimate of drug-likeness (QED) is 0.886. The zero-order chi connectivity index (χ0) is 13.1. The molecule has 1 saturated heterocycles. The summed E-state index contributed by atoms with van der Waals surface area (Å²) < 4.78 is 18.3. The van der Waals surface area contributed by atoms with Crippen molar-refractivity contribution in [3.05, 3.63) is 29.6 Å². The number of ether oxygens (including phenoxy) is 1. The first-order valence-electron chi connectivity index (χ1n) is 5.92. The van der Waals surface area contributed by atoms with E-state index in [0.717, 1.165) is 12.8 Å². The van der Waals surface area contributed by atoms with Gasteiger partial charge in [-0.2, -0.15) is 0 Å². The highest BCUT2D eigenvalue weighted by atomic mass is 19.1. The van der Waals surface area contributed by atoms with E-state index >= 15 is 0 Å². The van der Waals surface area contributed by atoms with Crippen LogP contribution in [0.5, 0.6) is 5.75 Å². The second-order valence-electron chi connectivity index (χ2n) is 4.33. The lowest BCUT2D eigenvalue weighted by Crippen LogP contribution is -2.37. The molecule has 1 heterocycles. The standard InChI is InChI=1S/C13H16FNO3/c1-18-12-5-4-9(7-11(12)14)13(17)15-6-2-3-10(15)8-16/h4-5,7,10,16H,2-3,6,8H2,1H3/t10-/m0/s1. The summed E-state index contributed by atoms with van der Waals surface area (Å²) in [7, 11) is 1.38. The van der Waals surface area contributed by atoms with Crippen LogP contribution in [0.15, 0.2) is 18.2 Å². The number of nitrogens with zero attached hydrogens (tertiary/aromatic N) is 1. The van der Waals surface area contributed by atoms with Gasteiger partial charge in [-0.25, -0.2) is 4.39 Å². The Labute approximate surface area is 105 Å². The van der Waals surface area contributed by atoms with Crippen molar-refractivity contribution in [1.29, 1.82) is 0 Å². The number of likely N-dealkylation sites (tertiary alicyclic amines) is 1. The number of hydrogen-bond donors (Lipinski definition) is 1. The largest absolute Gasteiger partial charge is 0.494 e. The molecule has 0 saturated carbocycles. The molecule has 0 bridgehead atoms. The lowest BCUT2D eigenvalue weighted by Gasteiger charge is -2.23. The number of hydrogen-bond acceptors (Lipinski definition) is 3. The highest BCUT2D eigenvalue weighted by Gasteiger charge is 2.29. The number of benzene rings is 1. The molecule has 2 rings (SSSR count). The Bertz CT molecular complexity index is 450. The van der Waals surface area contributed by atoms with E-state index in [9.17, 15) is 14.3 Å². The normalized spacial score (nSPS) is 19.1. The van der Waals surface area contributed by atoms with E-state index in [1.54, 1.807) is 4.90 Å². The molecule has 0 aromatic heterocycles. The molecule has 1 amide bonds. The Balaban J connectivity index is 2.21. The van der Waals surface area contributed by atoms with Crippen molar-refractivity contribution in [2.24, 2.45) is 0 Å². The van der Waals surface area contributed by atoms with Crippen molar-refractivity contribution in [3.63, 3.8) is 0 Å². The second kappa shape index (κ2) is 5.35. The van der Waals surface area contributed by atoms with Gasteiger partial charge >= 0.3 is 0 Å². The molecule has 18 heavy (non-hydrogen) atoms. The molecule has 1 aliphatic rings. The first-order chi connectivity index (χ1) is 8.67. The summed E-state index contributed by atoms with van der Waals surface area (Å²) in [5.74, 6) is -0.678. The average Bonchev–Trinajstić information content (AvgIpc) is 2.86. The summed E-state index contributed by atoms with van der Waals surface area (Å²) in [6.45, 7) is 0.558. The number of carbonyl (C=O) groups is 1. The van der Waals surface area contributed by atoms with Crippen molar-refractivity contribution in [3.8, 4) is 5.75 Å². The van der Waals surface area contributed by atoms with Gasteiger partial charge in [0.1, 0.15) is 0 Å². The summed E-state index contributed by atoms with van der Waals surface area (Å²) in [6.07, 6.45) is 1.66. The summed E-state index contributed by atoms with van der Waals surface area (Å²) >= 11 is 0. The van der Waals surface area contributed by atoms with Gasteiger partial charge in [-0.15, -0.1) is 0 Å². The third kappa shape index (κ3) is 2.31. The van der Waals surface area contributed by atoms with E-state index in [2.05, 4.69) is 0 Å².